The molecule has 0 saturated carbocycles. The van der Waals surface area contributed by atoms with E-state index in [9.17, 15) is 18.4 Å². The topological polar surface area (TPSA) is 149 Å². The van der Waals surface area contributed by atoms with Crippen molar-refractivity contribution < 1.29 is 27.6 Å². The summed E-state index contributed by atoms with van der Waals surface area (Å²) in [6.07, 6.45) is 7.68. The van der Waals surface area contributed by atoms with E-state index >= 15 is 0 Å². The maximum Gasteiger partial charge on any atom is 0.257 e. The monoisotopic (exact) mass is 571 g/mol. The lowest BCUT2D eigenvalue weighted by Gasteiger charge is -2.32. The van der Waals surface area contributed by atoms with Crippen LogP contribution in [0.4, 0.5) is 14.7 Å². The highest BCUT2D eigenvalue weighted by Gasteiger charge is 2.23. The zero-order chi connectivity index (χ0) is 29.5. The average Bonchev–Trinajstić information content (AvgIpc) is 3.39. The molecular formula is C28H35F2N7O4. The van der Waals surface area contributed by atoms with Crippen molar-refractivity contribution in [3.05, 3.63) is 47.6 Å². The van der Waals surface area contributed by atoms with Crippen molar-refractivity contribution in [2.45, 2.75) is 58.9 Å². The van der Waals surface area contributed by atoms with E-state index in [0.717, 1.165) is 50.9 Å². The van der Waals surface area contributed by atoms with Gasteiger partial charge in [0.1, 0.15) is 29.0 Å². The molecule has 1 fully saturated rings. The second-order valence-corrected chi connectivity index (χ2v) is 10.7. The number of ether oxygens (including phenoxy) is 1. The first-order valence-electron chi connectivity index (χ1n) is 13.7. The number of nitrogens with zero attached hydrogens (tertiary/aromatic N) is 5. The minimum Gasteiger partial charge on any atom is -0.493 e. The number of carbonyl (C=O) groups is 2. The number of carbonyl (C=O) groups excluding carboxylic acids is 2. The molecule has 3 heterocycles. The number of nitrogens with one attached hydrogen (secondary N) is 1. The molecular weight excluding hydrogens is 536 g/mol. The summed E-state index contributed by atoms with van der Waals surface area (Å²) >= 11 is 0. The normalized spacial score (nSPS) is 14.7. The number of benzene rings is 1. The van der Waals surface area contributed by atoms with Gasteiger partial charge in [-0.15, -0.1) is 0 Å². The number of hydrogen-bond donors (Lipinski definition) is 2. The standard InChI is InChI=1S/C28H35F2N7O4/c1-16(2)11-23-35-26(36-41-23)19-14-32-28(33-15-19)37-8-6-18(7-9-37)5-4-10-40-20-12-21(29)24(22(30)13-20)27(39)34-17(3)25(31)38/h12-18H,4-11H2,1-3H3,(H2,31,38)(H,34,39)/t17-/m0/s1. The van der Waals surface area contributed by atoms with Crippen molar-refractivity contribution in [2.75, 3.05) is 24.6 Å². The van der Waals surface area contributed by atoms with Crippen LogP contribution in [0, 0.1) is 23.5 Å². The highest BCUT2D eigenvalue weighted by atomic mass is 19.1. The van der Waals surface area contributed by atoms with Crippen molar-refractivity contribution in [2.24, 2.45) is 17.6 Å². The third kappa shape index (κ3) is 7.95. The van der Waals surface area contributed by atoms with E-state index in [1.165, 1.54) is 6.92 Å². The molecule has 11 nitrogen and oxygen atoms in total. The molecule has 0 unspecified atom stereocenters. The molecule has 1 saturated heterocycles. The van der Waals surface area contributed by atoms with E-state index in [1.54, 1.807) is 12.4 Å². The van der Waals surface area contributed by atoms with E-state index < -0.39 is 35.1 Å². The zero-order valence-electron chi connectivity index (χ0n) is 23.4. The fourth-order valence-corrected chi connectivity index (χ4v) is 4.58. The number of amides is 2. The summed E-state index contributed by atoms with van der Waals surface area (Å²) in [6, 6.07) is 0.850. The molecule has 1 aromatic carbocycles. The summed E-state index contributed by atoms with van der Waals surface area (Å²) in [7, 11) is 0. The number of aromatic nitrogens is 4. The van der Waals surface area contributed by atoms with E-state index in [0.29, 0.717) is 41.5 Å². The van der Waals surface area contributed by atoms with E-state index in [2.05, 4.69) is 44.2 Å². The smallest absolute Gasteiger partial charge is 0.257 e. The van der Waals surface area contributed by atoms with Crippen molar-refractivity contribution in [3.8, 4) is 17.1 Å². The first-order chi connectivity index (χ1) is 19.6. The molecule has 13 heteroatoms. The van der Waals surface area contributed by atoms with Crippen LogP contribution >= 0.6 is 0 Å². The van der Waals surface area contributed by atoms with Crippen LogP contribution in [0.3, 0.4) is 0 Å². The molecule has 0 bridgehead atoms. The van der Waals surface area contributed by atoms with Gasteiger partial charge in [0.05, 0.1) is 12.2 Å². The van der Waals surface area contributed by atoms with Gasteiger partial charge in [0.15, 0.2) is 0 Å². The Bertz CT molecular complexity index is 1320. The summed E-state index contributed by atoms with van der Waals surface area (Å²) in [5.41, 5.74) is 4.99. The Morgan fingerprint density at radius 2 is 1.80 bits per heavy atom. The molecule has 0 aliphatic carbocycles. The number of nitrogens with two attached hydrogens (primary N) is 1. The van der Waals surface area contributed by atoms with Gasteiger partial charge in [-0.3, -0.25) is 9.59 Å². The van der Waals surface area contributed by atoms with Gasteiger partial charge in [0.2, 0.25) is 23.6 Å². The Morgan fingerprint density at radius 3 is 2.41 bits per heavy atom. The maximum absolute atomic E-state index is 14.4. The predicted octanol–water partition coefficient (Wildman–Crippen LogP) is 3.68. The summed E-state index contributed by atoms with van der Waals surface area (Å²) in [6.45, 7) is 7.42. The van der Waals surface area contributed by atoms with Gasteiger partial charge in [-0.05, 0) is 44.4 Å². The molecule has 220 valence electrons. The average molecular weight is 572 g/mol. The van der Waals surface area contributed by atoms with Crippen LogP contribution in [0.5, 0.6) is 5.75 Å². The summed E-state index contributed by atoms with van der Waals surface area (Å²) in [4.78, 5) is 38.8. The van der Waals surface area contributed by atoms with E-state index in [-0.39, 0.29) is 12.4 Å². The third-order valence-corrected chi connectivity index (χ3v) is 6.89. The summed E-state index contributed by atoms with van der Waals surface area (Å²) in [5, 5.41) is 6.18. The SMILES string of the molecule is CC(C)Cc1nc(-c2cnc(N3CCC(CCCOc4cc(F)c(C(=O)N[C@@H](C)C(N)=O)c(F)c4)CC3)nc2)no1. The van der Waals surface area contributed by atoms with Gasteiger partial charge < -0.3 is 25.2 Å². The Balaban J connectivity index is 1.20. The predicted molar refractivity (Wildman–Crippen MR) is 146 cm³/mol. The molecule has 3 N–H and O–H groups in total. The van der Waals surface area contributed by atoms with Crippen LogP contribution in [0.2, 0.25) is 0 Å². The zero-order valence-corrected chi connectivity index (χ0v) is 23.4. The van der Waals surface area contributed by atoms with E-state index in [4.69, 9.17) is 15.0 Å². The van der Waals surface area contributed by atoms with Gasteiger partial charge in [0, 0.05) is 44.0 Å². The van der Waals surface area contributed by atoms with Gasteiger partial charge in [-0.1, -0.05) is 19.0 Å². The van der Waals surface area contributed by atoms with Gasteiger partial charge in [0.25, 0.3) is 5.91 Å². The molecule has 41 heavy (non-hydrogen) atoms. The Kier molecular flexibility index (Phi) is 9.79. The van der Waals surface area contributed by atoms with Gasteiger partial charge in [-0.25, -0.2) is 18.7 Å². The number of hydrogen-bond acceptors (Lipinski definition) is 9. The number of primary amides is 1. The molecule has 1 aliphatic rings. The molecule has 2 aromatic heterocycles. The van der Waals surface area contributed by atoms with Crippen LogP contribution in [0.15, 0.2) is 29.0 Å². The second-order valence-electron chi connectivity index (χ2n) is 10.7. The lowest BCUT2D eigenvalue weighted by Crippen LogP contribution is -2.42. The Morgan fingerprint density at radius 1 is 1.15 bits per heavy atom. The summed E-state index contributed by atoms with van der Waals surface area (Å²) in [5.74, 6) is -1.40. The molecule has 1 atom stereocenters. The minimum absolute atomic E-state index is 0.00752. The highest BCUT2D eigenvalue weighted by Crippen LogP contribution is 2.26. The quantitative estimate of drug-likeness (QED) is 0.310. The molecule has 3 aromatic rings. The van der Waals surface area contributed by atoms with Gasteiger partial charge in [-0.2, -0.15) is 4.98 Å². The molecule has 2 amide bonds. The number of anilines is 1. The first kappa shape index (κ1) is 29.8. The number of rotatable bonds is 12. The summed E-state index contributed by atoms with van der Waals surface area (Å²) < 4.78 is 39.7. The van der Waals surface area contributed by atoms with E-state index in [1.807, 2.05) is 0 Å². The molecule has 0 spiro atoms. The maximum atomic E-state index is 14.4. The van der Waals surface area contributed by atoms with Crippen LogP contribution in [-0.2, 0) is 11.2 Å². The number of halogens is 2. The number of piperidine rings is 1. The fourth-order valence-electron chi connectivity index (χ4n) is 4.58. The van der Waals surface area contributed by atoms with Crippen molar-refractivity contribution >= 4 is 17.8 Å². The largest absolute Gasteiger partial charge is 0.493 e. The van der Waals surface area contributed by atoms with Crippen molar-refractivity contribution in [1.82, 2.24) is 25.4 Å². The molecule has 1 aliphatic heterocycles. The lowest BCUT2D eigenvalue weighted by atomic mass is 9.92. The Hall–Kier alpha value is -4.16. The lowest BCUT2D eigenvalue weighted by molar-refractivity contribution is -0.119. The second kappa shape index (κ2) is 13.5. The third-order valence-electron chi connectivity index (χ3n) is 6.89. The molecule has 4 rings (SSSR count). The fraction of sp³-hybridized carbons (Fsp3) is 0.500. The Labute approximate surface area is 236 Å². The van der Waals surface area contributed by atoms with Crippen LogP contribution in [0.25, 0.3) is 11.4 Å². The van der Waals surface area contributed by atoms with Crippen LogP contribution < -0.4 is 20.7 Å². The van der Waals surface area contributed by atoms with Gasteiger partial charge >= 0.3 is 0 Å². The van der Waals surface area contributed by atoms with Crippen molar-refractivity contribution in [1.29, 1.82) is 0 Å². The first-order valence-corrected chi connectivity index (χ1v) is 13.7. The minimum atomic E-state index is -1.08. The van der Waals surface area contributed by atoms with Crippen LogP contribution in [0.1, 0.15) is 62.7 Å². The highest BCUT2D eigenvalue weighted by molar-refractivity contribution is 5.97. The van der Waals surface area contributed by atoms with Crippen LogP contribution in [-0.4, -0.2) is 57.7 Å². The molecule has 0 radical (unpaired) electrons. The van der Waals surface area contributed by atoms with Crippen molar-refractivity contribution in [3.63, 3.8) is 0 Å².